The normalized spacial score (nSPS) is 9.58. The summed E-state index contributed by atoms with van der Waals surface area (Å²) in [6, 6.07) is 0. The first-order valence-electron chi connectivity index (χ1n) is 8.75. The molecule has 0 aliphatic rings. The van der Waals surface area contributed by atoms with Crippen LogP contribution in [0.5, 0.6) is 0 Å². The minimum absolute atomic E-state index is 0.226. The van der Waals surface area contributed by atoms with E-state index in [1.807, 2.05) is 0 Å². The molecule has 148 valence electrons. The maximum absolute atomic E-state index is 7.50. The van der Waals surface area contributed by atoms with Crippen molar-refractivity contribution in [2.45, 2.75) is 79.1 Å². The first kappa shape index (κ1) is 32.3. The van der Waals surface area contributed by atoms with Crippen LogP contribution >= 0.6 is 19.4 Å². The van der Waals surface area contributed by atoms with Crippen molar-refractivity contribution in [3.63, 3.8) is 0 Å². The third-order valence-electron chi connectivity index (χ3n) is 3.94. The topological polar surface area (TPSA) is 39.8 Å². The van der Waals surface area contributed by atoms with Crippen LogP contribution in [0.3, 0.4) is 0 Å². The summed E-state index contributed by atoms with van der Waals surface area (Å²) in [7, 11) is 9.67. The van der Waals surface area contributed by atoms with Crippen molar-refractivity contribution in [3.05, 3.63) is 13.3 Å². The average molecular weight is 472 g/mol. The van der Waals surface area contributed by atoms with E-state index in [2.05, 4.69) is 41.0 Å². The molecule has 0 atom stereocenters. The van der Waals surface area contributed by atoms with Gasteiger partial charge in [0.15, 0.2) is 0 Å². The van der Waals surface area contributed by atoms with Crippen LogP contribution in [0.2, 0.25) is 0 Å². The Morgan fingerprint density at radius 2 is 0.792 bits per heavy atom. The number of rotatable bonds is 12. The molecule has 0 aromatic heterocycles. The van der Waals surface area contributed by atoms with Crippen molar-refractivity contribution in [2.24, 2.45) is 0 Å². The second kappa shape index (κ2) is 31.4. The third kappa shape index (κ3) is 24.9. The summed E-state index contributed by atoms with van der Waals surface area (Å²) in [5.74, 6) is 0. The Bertz CT molecular complexity index is 208. The maximum atomic E-state index is 7.50. The Morgan fingerprint density at radius 3 is 0.917 bits per heavy atom. The molecule has 0 aliphatic heterocycles. The Balaban J connectivity index is -0.000000247. The van der Waals surface area contributed by atoms with Gasteiger partial charge in [0.1, 0.15) is 0 Å². The number of halogens is 2. The zero-order valence-corrected chi connectivity index (χ0v) is 19.0. The molecular formula is C18H36Cl2NO2Rh. The SMILES string of the molecule is CCCC[N+](CCCC)(CCCC)CCCC.[C-]#[O+].[C-]#[O+].[Cl][Rh-][Cl]. The zero-order chi connectivity index (χ0) is 19.7. The van der Waals surface area contributed by atoms with Crippen molar-refractivity contribution < 1.29 is 28.9 Å². The number of hydrogen-bond acceptors (Lipinski definition) is 0. The predicted octanol–water partition coefficient (Wildman–Crippen LogP) is 6.31. The second-order valence-corrected chi connectivity index (χ2v) is 8.19. The van der Waals surface area contributed by atoms with Gasteiger partial charge in [-0.1, -0.05) is 53.4 Å². The van der Waals surface area contributed by atoms with Crippen LogP contribution < -0.4 is 0 Å². The second-order valence-electron chi connectivity index (χ2n) is 5.70. The summed E-state index contributed by atoms with van der Waals surface area (Å²) in [5.41, 5.74) is 0. The number of nitrogens with zero attached hydrogens (tertiary/aromatic N) is 1. The summed E-state index contributed by atoms with van der Waals surface area (Å²) in [5, 5.41) is 0. The fourth-order valence-electron chi connectivity index (χ4n) is 2.64. The van der Waals surface area contributed by atoms with Crippen LogP contribution in [0, 0.1) is 13.3 Å². The molecule has 3 nitrogen and oxygen atoms in total. The third-order valence-corrected chi connectivity index (χ3v) is 3.94. The minimum atomic E-state index is -0.226. The summed E-state index contributed by atoms with van der Waals surface area (Å²) in [6.45, 7) is 24.0. The van der Waals surface area contributed by atoms with Crippen molar-refractivity contribution in [2.75, 3.05) is 26.2 Å². The standard InChI is InChI=1S/C16H36N.2CO.2ClH.Rh/c1-5-9-13-17(14-10-6-2,15-11-7-3)16-12-8-4;2*1-2;;;/h5-16H2,1-4H3;;;2*1H;/q+1;;;;;+1/p-2. The predicted molar refractivity (Wildman–Crippen MR) is 98.9 cm³/mol. The van der Waals surface area contributed by atoms with Gasteiger partial charge in [-0.2, -0.15) is 0 Å². The Morgan fingerprint density at radius 1 is 0.625 bits per heavy atom. The van der Waals surface area contributed by atoms with E-state index in [1.54, 1.807) is 0 Å². The van der Waals surface area contributed by atoms with Gasteiger partial charge in [0, 0.05) is 0 Å². The monoisotopic (exact) mass is 471 g/mol. The summed E-state index contributed by atoms with van der Waals surface area (Å²) < 4.78 is 16.4. The van der Waals surface area contributed by atoms with E-state index < -0.39 is 0 Å². The Kier molecular flexibility index (Phi) is 42.3. The number of quaternary nitrogens is 1. The average Bonchev–Trinajstić information content (AvgIpc) is 2.64. The first-order valence-corrected chi connectivity index (χ1v) is 13.0. The molecule has 0 aromatic carbocycles. The molecule has 0 saturated heterocycles. The van der Waals surface area contributed by atoms with Gasteiger partial charge in [0.25, 0.3) is 0 Å². The van der Waals surface area contributed by atoms with Crippen molar-refractivity contribution >= 4 is 19.4 Å². The molecule has 0 amide bonds. The van der Waals surface area contributed by atoms with Crippen LogP contribution in [0.25, 0.3) is 0 Å². The molecular weight excluding hydrogens is 436 g/mol. The summed E-state index contributed by atoms with van der Waals surface area (Å²) in [6.07, 6.45) is 11.1. The molecule has 0 unspecified atom stereocenters. The van der Waals surface area contributed by atoms with E-state index in [-0.39, 0.29) is 15.1 Å². The van der Waals surface area contributed by atoms with Gasteiger partial charge in [0.2, 0.25) is 0 Å². The van der Waals surface area contributed by atoms with Gasteiger partial charge in [-0.3, -0.25) is 0 Å². The Labute approximate surface area is 166 Å². The van der Waals surface area contributed by atoms with Gasteiger partial charge in [0.05, 0.1) is 26.2 Å². The van der Waals surface area contributed by atoms with Crippen LogP contribution in [0.4, 0.5) is 0 Å². The number of unbranched alkanes of at least 4 members (excludes halogenated alkanes) is 4. The van der Waals surface area contributed by atoms with Gasteiger partial charge in [-0.15, -0.1) is 0 Å². The van der Waals surface area contributed by atoms with Gasteiger partial charge < -0.3 is 4.48 Å². The van der Waals surface area contributed by atoms with Crippen LogP contribution in [-0.4, -0.2) is 30.7 Å². The van der Waals surface area contributed by atoms with Crippen LogP contribution in [-0.2, 0) is 24.4 Å². The van der Waals surface area contributed by atoms with Gasteiger partial charge in [-0.25, -0.2) is 0 Å². The van der Waals surface area contributed by atoms with Gasteiger partial charge in [-0.05, 0) is 25.7 Å². The van der Waals surface area contributed by atoms with Gasteiger partial charge >= 0.3 is 57.1 Å². The molecule has 0 radical (unpaired) electrons. The van der Waals surface area contributed by atoms with E-state index in [9.17, 15) is 0 Å². The molecule has 24 heavy (non-hydrogen) atoms. The van der Waals surface area contributed by atoms with Crippen molar-refractivity contribution in [3.8, 4) is 0 Å². The molecule has 0 rings (SSSR count). The molecule has 0 spiro atoms. The van der Waals surface area contributed by atoms with Crippen molar-refractivity contribution in [1.29, 1.82) is 0 Å². The quantitative estimate of drug-likeness (QED) is 0.138. The first-order chi connectivity index (χ1) is 11.7. The van der Waals surface area contributed by atoms with E-state index in [1.165, 1.54) is 82.0 Å². The zero-order valence-electron chi connectivity index (χ0n) is 15.8. The van der Waals surface area contributed by atoms with Crippen LogP contribution in [0.15, 0.2) is 0 Å². The summed E-state index contributed by atoms with van der Waals surface area (Å²) >= 11 is -0.226. The molecule has 0 aliphatic carbocycles. The molecule has 0 N–H and O–H groups in total. The van der Waals surface area contributed by atoms with Crippen LogP contribution in [0.1, 0.15) is 79.1 Å². The summed E-state index contributed by atoms with van der Waals surface area (Å²) in [4.78, 5) is 0. The molecule has 6 heteroatoms. The number of hydrogen-bond donors (Lipinski definition) is 0. The molecule has 0 bridgehead atoms. The van der Waals surface area contributed by atoms with Crippen molar-refractivity contribution in [1.82, 2.24) is 0 Å². The molecule has 0 aromatic rings. The van der Waals surface area contributed by atoms with E-state index >= 15 is 0 Å². The van der Waals surface area contributed by atoms with E-state index in [0.717, 1.165) is 0 Å². The molecule has 0 fully saturated rings. The van der Waals surface area contributed by atoms with E-state index in [0.29, 0.717) is 0 Å². The fourth-order valence-corrected chi connectivity index (χ4v) is 2.64. The fraction of sp³-hybridized carbons (Fsp3) is 0.889. The Hall–Kier alpha value is 0.643. The van der Waals surface area contributed by atoms with E-state index in [4.69, 9.17) is 28.7 Å². The molecule has 0 saturated carbocycles. The molecule has 0 heterocycles.